The first kappa shape index (κ1) is 22.7. The highest BCUT2D eigenvalue weighted by Crippen LogP contribution is 2.32. The first-order valence-electron chi connectivity index (χ1n) is 9.52. The third-order valence-electron chi connectivity index (χ3n) is 4.55. The molecule has 0 radical (unpaired) electrons. The number of nitrogen functional groups attached to an aromatic ring is 1. The fraction of sp³-hybridized carbons (Fsp3) is 0.0455. The number of aromatic nitrogens is 4. The lowest BCUT2D eigenvalue weighted by molar-refractivity contribution is -0.144. The fourth-order valence-electron chi connectivity index (χ4n) is 3.08. The Balaban J connectivity index is 1.69. The van der Waals surface area contributed by atoms with Gasteiger partial charge in [0.25, 0.3) is 5.91 Å². The maximum atomic E-state index is 14.1. The number of nitrogens with zero attached hydrogens (tertiary/aromatic N) is 4. The molecule has 0 aliphatic rings. The summed E-state index contributed by atoms with van der Waals surface area (Å²) in [5.74, 6) is -4.39. The van der Waals surface area contributed by atoms with Gasteiger partial charge in [0.2, 0.25) is 5.82 Å². The van der Waals surface area contributed by atoms with Crippen LogP contribution in [0, 0.1) is 11.6 Å². The van der Waals surface area contributed by atoms with Gasteiger partial charge in [0, 0.05) is 17.8 Å². The van der Waals surface area contributed by atoms with E-state index in [1.165, 1.54) is 42.7 Å². The average molecular weight is 472 g/mol. The molecule has 1 aromatic carbocycles. The molecule has 0 aliphatic heterocycles. The van der Waals surface area contributed by atoms with Crippen LogP contribution in [0.2, 0.25) is 0 Å². The van der Waals surface area contributed by atoms with E-state index in [0.29, 0.717) is 0 Å². The Hall–Kier alpha value is -4.48. The smallest absolute Gasteiger partial charge is 0.384 e. The zero-order chi connectivity index (χ0) is 24.5. The van der Waals surface area contributed by atoms with E-state index >= 15 is 0 Å². The molecule has 0 atom stereocenters. The molecular weight excluding hydrogens is 459 g/mol. The Kier molecular flexibility index (Phi) is 5.88. The lowest BCUT2D eigenvalue weighted by Gasteiger charge is -2.13. The fourth-order valence-corrected chi connectivity index (χ4v) is 3.08. The van der Waals surface area contributed by atoms with E-state index < -0.39 is 40.9 Å². The van der Waals surface area contributed by atoms with E-state index in [4.69, 9.17) is 5.73 Å². The minimum absolute atomic E-state index is 0.00278. The van der Waals surface area contributed by atoms with Gasteiger partial charge in [0.15, 0.2) is 0 Å². The molecule has 7 nitrogen and oxygen atoms in total. The van der Waals surface area contributed by atoms with E-state index in [-0.39, 0.29) is 28.3 Å². The highest BCUT2D eigenvalue weighted by atomic mass is 19.4. The first-order valence-corrected chi connectivity index (χ1v) is 9.52. The summed E-state index contributed by atoms with van der Waals surface area (Å²) in [4.78, 5) is 27.4. The standard InChI is InChI=1S/C22H13F5N6O/c23-12-3-1-4-13(24)19(12)14-5-2-6-15(30-14)20(34)31-17-10-29-8-7-11(17)16-9-18(28)33-21(32-16)22(25,26)27/h1-10H,(H,31,34)(H2,28,32,33). The van der Waals surface area contributed by atoms with Crippen molar-refractivity contribution in [3.8, 4) is 22.5 Å². The molecule has 4 aromatic rings. The second-order valence-corrected chi connectivity index (χ2v) is 6.88. The van der Waals surface area contributed by atoms with Gasteiger partial charge in [-0.3, -0.25) is 9.78 Å². The minimum atomic E-state index is -4.84. The number of anilines is 2. The molecule has 172 valence electrons. The van der Waals surface area contributed by atoms with Crippen molar-refractivity contribution in [1.29, 1.82) is 0 Å². The molecule has 12 heteroatoms. The van der Waals surface area contributed by atoms with Crippen molar-refractivity contribution in [2.75, 3.05) is 11.1 Å². The Labute approximate surface area is 188 Å². The van der Waals surface area contributed by atoms with Crippen molar-refractivity contribution in [1.82, 2.24) is 19.9 Å². The molecule has 1 amide bonds. The molecule has 3 N–H and O–H groups in total. The van der Waals surface area contributed by atoms with Crippen LogP contribution in [0.5, 0.6) is 0 Å². The van der Waals surface area contributed by atoms with E-state index in [2.05, 4.69) is 25.3 Å². The predicted molar refractivity (Wildman–Crippen MR) is 112 cm³/mol. The van der Waals surface area contributed by atoms with Crippen molar-refractivity contribution < 1.29 is 26.7 Å². The van der Waals surface area contributed by atoms with Crippen molar-refractivity contribution >= 4 is 17.4 Å². The average Bonchev–Trinajstić information content (AvgIpc) is 2.78. The van der Waals surface area contributed by atoms with E-state index in [9.17, 15) is 26.7 Å². The normalized spacial score (nSPS) is 11.3. The predicted octanol–water partition coefficient (Wildman–Crippen LogP) is 4.73. The third-order valence-corrected chi connectivity index (χ3v) is 4.55. The number of benzene rings is 1. The van der Waals surface area contributed by atoms with Crippen LogP contribution >= 0.6 is 0 Å². The quantitative estimate of drug-likeness (QED) is 0.416. The van der Waals surface area contributed by atoms with Crippen LogP contribution in [-0.4, -0.2) is 25.8 Å². The molecule has 0 spiro atoms. The minimum Gasteiger partial charge on any atom is -0.384 e. The van der Waals surface area contributed by atoms with Gasteiger partial charge < -0.3 is 11.1 Å². The van der Waals surface area contributed by atoms with Crippen LogP contribution in [-0.2, 0) is 6.18 Å². The molecule has 0 saturated carbocycles. The topological polar surface area (TPSA) is 107 Å². The number of pyridine rings is 2. The Morgan fingerprint density at radius 1 is 0.912 bits per heavy atom. The molecule has 34 heavy (non-hydrogen) atoms. The molecular formula is C22H13F5N6O. The number of rotatable bonds is 4. The third kappa shape index (κ3) is 4.65. The summed E-state index contributed by atoms with van der Waals surface area (Å²) in [6.45, 7) is 0. The van der Waals surface area contributed by atoms with Crippen LogP contribution in [0.15, 0.2) is 60.9 Å². The zero-order valence-electron chi connectivity index (χ0n) is 16.9. The second kappa shape index (κ2) is 8.81. The molecule has 0 fully saturated rings. The van der Waals surface area contributed by atoms with Crippen molar-refractivity contribution in [2.45, 2.75) is 6.18 Å². The Bertz CT molecular complexity index is 1370. The molecule has 3 heterocycles. The number of nitrogens with two attached hydrogens (primary N) is 1. The number of halogens is 5. The largest absolute Gasteiger partial charge is 0.451 e. The number of amides is 1. The van der Waals surface area contributed by atoms with E-state index in [1.54, 1.807) is 0 Å². The maximum absolute atomic E-state index is 14.1. The summed E-state index contributed by atoms with van der Waals surface area (Å²) in [6, 6.07) is 9.76. The van der Waals surface area contributed by atoms with Crippen LogP contribution < -0.4 is 11.1 Å². The number of carbonyl (C=O) groups is 1. The van der Waals surface area contributed by atoms with Crippen LogP contribution in [0.4, 0.5) is 33.5 Å². The molecule has 0 bridgehead atoms. The summed E-state index contributed by atoms with van der Waals surface area (Å²) in [6.07, 6.45) is -2.36. The second-order valence-electron chi connectivity index (χ2n) is 6.88. The summed E-state index contributed by atoms with van der Waals surface area (Å²) < 4.78 is 67.5. The summed E-state index contributed by atoms with van der Waals surface area (Å²) in [5, 5.41) is 2.48. The van der Waals surface area contributed by atoms with Gasteiger partial charge in [-0.05, 0) is 30.3 Å². The number of carbonyl (C=O) groups excluding carboxylic acids is 1. The van der Waals surface area contributed by atoms with Gasteiger partial charge in [-0.25, -0.2) is 23.7 Å². The lowest BCUT2D eigenvalue weighted by Crippen LogP contribution is -2.16. The zero-order valence-corrected chi connectivity index (χ0v) is 16.9. The lowest BCUT2D eigenvalue weighted by atomic mass is 10.1. The molecule has 3 aromatic heterocycles. The van der Waals surface area contributed by atoms with Gasteiger partial charge in [0.05, 0.1) is 28.8 Å². The van der Waals surface area contributed by atoms with Gasteiger partial charge in [-0.15, -0.1) is 0 Å². The van der Waals surface area contributed by atoms with E-state index in [0.717, 1.165) is 18.2 Å². The van der Waals surface area contributed by atoms with Crippen LogP contribution in [0.3, 0.4) is 0 Å². The Morgan fingerprint density at radius 2 is 1.62 bits per heavy atom. The number of alkyl halides is 3. The molecule has 0 saturated heterocycles. The summed E-state index contributed by atoms with van der Waals surface area (Å²) in [5.41, 5.74) is 4.67. The van der Waals surface area contributed by atoms with E-state index in [1.807, 2.05) is 0 Å². The van der Waals surface area contributed by atoms with Gasteiger partial charge in [-0.2, -0.15) is 13.2 Å². The maximum Gasteiger partial charge on any atom is 0.451 e. The van der Waals surface area contributed by atoms with Crippen LogP contribution in [0.25, 0.3) is 22.5 Å². The molecule has 4 rings (SSSR count). The summed E-state index contributed by atoms with van der Waals surface area (Å²) >= 11 is 0. The molecule has 0 unspecified atom stereocenters. The van der Waals surface area contributed by atoms with Crippen molar-refractivity contribution in [3.05, 3.63) is 84.1 Å². The highest BCUT2D eigenvalue weighted by molar-refractivity contribution is 6.05. The van der Waals surface area contributed by atoms with Crippen LogP contribution in [0.1, 0.15) is 16.3 Å². The Morgan fingerprint density at radius 3 is 2.32 bits per heavy atom. The monoisotopic (exact) mass is 472 g/mol. The number of nitrogens with one attached hydrogen (secondary N) is 1. The first-order chi connectivity index (χ1) is 16.1. The summed E-state index contributed by atoms with van der Waals surface area (Å²) in [7, 11) is 0. The van der Waals surface area contributed by atoms with Crippen molar-refractivity contribution in [3.63, 3.8) is 0 Å². The van der Waals surface area contributed by atoms with Gasteiger partial charge in [-0.1, -0.05) is 12.1 Å². The number of hydrogen-bond donors (Lipinski definition) is 2. The van der Waals surface area contributed by atoms with Gasteiger partial charge >= 0.3 is 6.18 Å². The molecule has 0 aliphatic carbocycles. The number of hydrogen-bond acceptors (Lipinski definition) is 6. The highest BCUT2D eigenvalue weighted by Gasteiger charge is 2.35. The SMILES string of the molecule is Nc1cc(-c2ccncc2NC(=O)c2cccc(-c3c(F)cccc3F)n2)nc(C(F)(F)F)n1. The van der Waals surface area contributed by atoms with Crippen molar-refractivity contribution in [2.24, 2.45) is 0 Å². The van der Waals surface area contributed by atoms with Gasteiger partial charge in [0.1, 0.15) is 23.1 Å².